The fourth-order valence-corrected chi connectivity index (χ4v) is 4.42. The third-order valence-corrected chi connectivity index (χ3v) is 6.89. The molecule has 0 heterocycles. The largest absolute Gasteiger partial charge is 0.494 e. The van der Waals surface area contributed by atoms with Crippen LogP contribution in [0.4, 0.5) is 0 Å². The van der Waals surface area contributed by atoms with Crippen LogP contribution in [-0.2, 0) is 9.53 Å². The SMILES string of the molecule is CCCCCCCCCCCOc1ccc(/C=C/C(=O)Oc2ccc(C(=O)OC(C)CCCCCC)cc2)cc1. The lowest BCUT2D eigenvalue weighted by molar-refractivity contribution is -0.128. The predicted molar refractivity (Wildman–Crippen MR) is 164 cm³/mol. The van der Waals surface area contributed by atoms with Gasteiger partial charge >= 0.3 is 11.9 Å². The van der Waals surface area contributed by atoms with Crippen molar-refractivity contribution in [3.05, 3.63) is 65.7 Å². The monoisotopic (exact) mass is 550 g/mol. The number of benzene rings is 2. The van der Waals surface area contributed by atoms with Crippen molar-refractivity contribution < 1.29 is 23.8 Å². The second-order valence-corrected chi connectivity index (χ2v) is 10.6. The molecule has 0 aliphatic carbocycles. The van der Waals surface area contributed by atoms with Crippen LogP contribution in [0, 0.1) is 0 Å². The molecule has 0 saturated heterocycles. The van der Waals surface area contributed by atoms with E-state index in [1.54, 1.807) is 30.3 Å². The Balaban J connectivity index is 1.65. The molecule has 0 saturated carbocycles. The van der Waals surface area contributed by atoms with Gasteiger partial charge in [0, 0.05) is 6.08 Å². The smallest absolute Gasteiger partial charge is 0.338 e. The maximum atomic E-state index is 12.4. The standard InChI is InChI=1S/C35H50O5/c1-4-6-8-10-11-12-13-14-16-28-38-32-23-18-30(19-24-32)20-27-34(36)40-33-25-21-31(22-26-33)35(37)39-29(3)17-15-9-7-5-2/h18-27,29H,4-17,28H2,1-3H3/b27-20+. The maximum absolute atomic E-state index is 12.4. The fraction of sp³-hybridized carbons (Fsp3) is 0.543. The third kappa shape index (κ3) is 14.9. The first-order valence-electron chi connectivity index (χ1n) is 15.5. The van der Waals surface area contributed by atoms with Crippen molar-refractivity contribution in [1.29, 1.82) is 0 Å². The van der Waals surface area contributed by atoms with Crippen molar-refractivity contribution in [3.63, 3.8) is 0 Å². The van der Waals surface area contributed by atoms with Gasteiger partial charge in [0.15, 0.2) is 0 Å². The molecule has 1 unspecified atom stereocenters. The maximum Gasteiger partial charge on any atom is 0.338 e. The first-order valence-corrected chi connectivity index (χ1v) is 15.5. The summed E-state index contributed by atoms with van der Waals surface area (Å²) in [5.74, 6) is 0.367. The van der Waals surface area contributed by atoms with E-state index in [4.69, 9.17) is 14.2 Å². The van der Waals surface area contributed by atoms with Gasteiger partial charge in [-0.15, -0.1) is 0 Å². The average molecular weight is 551 g/mol. The zero-order chi connectivity index (χ0) is 28.8. The summed E-state index contributed by atoms with van der Waals surface area (Å²) in [6.07, 6.45) is 20.1. The van der Waals surface area contributed by atoms with E-state index >= 15 is 0 Å². The van der Waals surface area contributed by atoms with E-state index in [1.807, 2.05) is 31.2 Å². The average Bonchev–Trinajstić information content (AvgIpc) is 2.96. The van der Waals surface area contributed by atoms with Crippen LogP contribution in [0.1, 0.15) is 127 Å². The zero-order valence-electron chi connectivity index (χ0n) is 25.0. The predicted octanol–water partition coefficient (Wildman–Crippen LogP) is 9.73. The molecule has 40 heavy (non-hydrogen) atoms. The number of ether oxygens (including phenoxy) is 3. The summed E-state index contributed by atoms with van der Waals surface area (Å²) in [6, 6.07) is 14.1. The summed E-state index contributed by atoms with van der Waals surface area (Å²) < 4.78 is 16.7. The number of hydrogen-bond acceptors (Lipinski definition) is 5. The number of carbonyl (C=O) groups is 2. The molecular formula is C35H50O5. The lowest BCUT2D eigenvalue weighted by atomic mass is 10.1. The molecule has 2 aromatic carbocycles. The van der Waals surface area contributed by atoms with Gasteiger partial charge in [-0.05, 0) is 74.2 Å². The lowest BCUT2D eigenvalue weighted by Crippen LogP contribution is -2.15. The highest BCUT2D eigenvalue weighted by Gasteiger charge is 2.12. The number of carbonyl (C=O) groups excluding carboxylic acids is 2. The Bertz CT molecular complexity index is 978. The van der Waals surface area contributed by atoms with Crippen LogP contribution in [0.3, 0.4) is 0 Å². The molecule has 0 aliphatic heterocycles. The second kappa shape index (κ2) is 20.8. The molecule has 5 heteroatoms. The Kier molecular flexibility index (Phi) is 17.2. The van der Waals surface area contributed by atoms with Crippen molar-refractivity contribution >= 4 is 18.0 Å². The molecular weight excluding hydrogens is 500 g/mol. The van der Waals surface area contributed by atoms with Crippen LogP contribution in [-0.4, -0.2) is 24.6 Å². The first-order chi connectivity index (χ1) is 19.5. The molecule has 0 amide bonds. The summed E-state index contributed by atoms with van der Waals surface area (Å²) >= 11 is 0. The molecule has 0 aromatic heterocycles. The van der Waals surface area contributed by atoms with Gasteiger partial charge in [-0.3, -0.25) is 0 Å². The quantitative estimate of drug-likeness (QED) is 0.0670. The Morgan fingerprint density at radius 3 is 1.88 bits per heavy atom. The van der Waals surface area contributed by atoms with Gasteiger partial charge in [0.25, 0.3) is 0 Å². The number of rotatable bonds is 21. The van der Waals surface area contributed by atoms with Crippen LogP contribution < -0.4 is 9.47 Å². The van der Waals surface area contributed by atoms with Crippen LogP contribution in [0.5, 0.6) is 11.5 Å². The van der Waals surface area contributed by atoms with Crippen molar-refractivity contribution in [2.45, 2.75) is 117 Å². The van der Waals surface area contributed by atoms with Gasteiger partial charge in [0.2, 0.25) is 0 Å². The molecule has 5 nitrogen and oxygen atoms in total. The molecule has 0 fully saturated rings. The highest BCUT2D eigenvalue weighted by atomic mass is 16.5. The minimum absolute atomic E-state index is 0.118. The highest BCUT2D eigenvalue weighted by Crippen LogP contribution is 2.17. The minimum atomic E-state index is -0.485. The molecule has 0 spiro atoms. The van der Waals surface area contributed by atoms with Crippen molar-refractivity contribution in [1.82, 2.24) is 0 Å². The Hall–Kier alpha value is -3.08. The Labute approximate surface area is 242 Å². The molecule has 0 N–H and O–H groups in total. The summed E-state index contributed by atoms with van der Waals surface area (Å²) in [7, 11) is 0. The van der Waals surface area contributed by atoms with E-state index in [0.717, 1.165) is 43.6 Å². The number of unbranched alkanes of at least 4 members (excludes halogenated alkanes) is 11. The molecule has 2 rings (SSSR count). The lowest BCUT2D eigenvalue weighted by Gasteiger charge is -2.13. The molecule has 1 atom stereocenters. The van der Waals surface area contributed by atoms with E-state index in [-0.39, 0.29) is 12.1 Å². The van der Waals surface area contributed by atoms with E-state index in [0.29, 0.717) is 11.3 Å². The molecule has 2 aromatic rings. The van der Waals surface area contributed by atoms with Crippen LogP contribution in [0.25, 0.3) is 6.08 Å². The fourth-order valence-electron chi connectivity index (χ4n) is 4.42. The Morgan fingerprint density at radius 2 is 1.25 bits per heavy atom. The zero-order valence-corrected chi connectivity index (χ0v) is 25.0. The number of hydrogen-bond donors (Lipinski definition) is 0. The van der Waals surface area contributed by atoms with Crippen molar-refractivity contribution in [2.75, 3.05) is 6.61 Å². The molecule has 0 aliphatic rings. The topological polar surface area (TPSA) is 61.8 Å². The Morgan fingerprint density at radius 1 is 0.700 bits per heavy atom. The van der Waals surface area contributed by atoms with Crippen LogP contribution in [0.15, 0.2) is 54.6 Å². The van der Waals surface area contributed by atoms with Gasteiger partial charge in [0.1, 0.15) is 11.5 Å². The van der Waals surface area contributed by atoms with Crippen molar-refractivity contribution in [2.24, 2.45) is 0 Å². The van der Waals surface area contributed by atoms with E-state index in [9.17, 15) is 9.59 Å². The third-order valence-electron chi connectivity index (χ3n) is 6.89. The second-order valence-electron chi connectivity index (χ2n) is 10.6. The molecule has 0 radical (unpaired) electrons. The number of esters is 2. The summed E-state index contributed by atoms with van der Waals surface area (Å²) in [6.45, 7) is 7.08. The molecule has 220 valence electrons. The van der Waals surface area contributed by atoms with Gasteiger partial charge in [-0.25, -0.2) is 9.59 Å². The normalized spacial score (nSPS) is 11.9. The summed E-state index contributed by atoms with van der Waals surface area (Å²) in [5, 5.41) is 0. The van der Waals surface area contributed by atoms with Crippen LogP contribution >= 0.6 is 0 Å². The van der Waals surface area contributed by atoms with Gasteiger partial charge in [-0.2, -0.15) is 0 Å². The summed E-state index contributed by atoms with van der Waals surface area (Å²) in [5.41, 5.74) is 1.32. The van der Waals surface area contributed by atoms with Gasteiger partial charge in [0.05, 0.1) is 18.3 Å². The van der Waals surface area contributed by atoms with Gasteiger partial charge < -0.3 is 14.2 Å². The van der Waals surface area contributed by atoms with Gasteiger partial charge in [-0.1, -0.05) is 96.6 Å². The van der Waals surface area contributed by atoms with E-state index in [2.05, 4.69) is 13.8 Å². The highest BCUT2D eigenvalue weighted by molar-refractivity contribution is 5.90. The van der Waals surface area contributed by atoms with Crippen LogP contribution in [0.2, 0.25) is 0 Å². The molecule has 0 bridgehead atoms. The van der Waals surface area contributed by atoms with E-state index < -0.39 is 5.97 Å². The van der Waals surface area contributed by atoms with E-state index in [1.165, 1.54) is 70.3 Å². The first kappa shape index (κ1) is 33.1. The summed E-state index contributed by atoms with van der Waals surface area (Å²) in [4.78, 5) is 24.6. The van der Waals surface area contributed by atoms with Crippen molar-refractivity contribution in [3.8, 4) is 11.5 Å². The minimum Gasteiger partial charge on any atom is -0.494 e.